The maximum absolute atomic E-state index is 9.43. The van der Waals surface area contributed by atoms with Gasteiger partial charge in [0.1, 0.15) is 5.76 Å². The molecule has 5 heteroatoms. The Morgan fingerprint density at radius 3 is 2.70 bits per heavy atom. The number of hydrogen-bond donors (Lipinski definition) is 1. The van der Waals surface area contributed by atoms with Crippen LogP contribution in [0.3, 0.4) is 0 Å². The highest BCUT2D eigenvalue weighted by Crippen LogP contribution is 2.24. The zero-order chi connectivity index (χ0) is 13.9. The Morgan fingerprint density at radius 2 is 2.00 bits per heavy atom. The maximum Gasteiger partial charge on any atom is 0.208 e. The van der Waals surface area contributed by atoms with Gasteiger partial charge in [-0.15, -0.1) is 0 Å². The number of rotatable bonds is 5. The van der Waals surface area contributed by atoms with E-state index in [0.29, 0.717) is 18.7 Å². The molecule has 2 aliphatic rings. The molecule has 2 fully saturated rings. The van der Waals surface area contributed by atoms with E-state index in [1.165, 1.54) is 19.3 Å². The van der Waals surface area contributed by atoms with Gasteiger partial charge in [-0.05, 0) is 45.7 Å². The van der Waals surface area contributed by atoms with E-state index >= 15 is 0 Å². The lowest BCUT2D eigenvalue weighted by Crippen LogP contribution is -2.43. The van der Waals surface area contributed by atoms with Gasteiger partial charge in [0, 0.05) is 18.6 Å². The van der Waals surface area contributed by atoms with Crippen LogP contribution < -0.4 is 0 Å². The van der Waals surface area contributed by atoms with Gasteiger partial charge in [-0.25, -0.2) is 4.98 Å². The van der Waals surface area contributed by atoms with Crippen LogP contribution >= 0.6 is 0 Å². The third-order valence-corrected chi connectivity index (χ3v) is 4.66. The lowest BCUT2D eigenvalue weighted by atomic mass is 10.2. The lowest BCUT2D eigenvalue weighted by molar-refractivity contribution is 0.116. The Balaban J connectivity index is 1.58. The van der Waals surface area contributed by atoms with Gasteiger partial charge in [-0.2, -0.15) is 0 Å². The predicted octanol–water partition coefficient (Wildman–Crippen LogP) is 1.40. The predicted molar refractivity (Wildman–Crippen MR) is 76.4 cm³/mol. The van der Waals surface area contributed by atoms with Crippen molar-refractivity contribution in [2.45, 2.75) is 51.2 Å². The Bertz CT molecular complexity index is 435. The van der Waals surface area contributed by atoms with E-state index < -0.39 is 0 Å². The fourth-order valence-electron chi connectivity index (χ4n) is 3.57. The van der Waals surface area contributed by atoms with E-state index in [4.69, 9.17) is 4.42 Å². The highest BCUT2D eigenvalue weighted by Gasteiger charge is 2.31. The molecule has 0 amide bonds. The summed E-state index contributed by atoms with van der Waals surface area (Å²) in [6, 6.07) is 0.954. The van der Waals surface area contributed by atoms with Gasteiger partial charge in [-0.1, -0.05) is 0 Å². The minimum absolute atomic E-state index is 0.297. The van der Waals surface area contributed by atoms with E-state index in [1.807, 2.05) is 6.92 Å². The van der Waals surface area contributed by atoms with Gasteiger partial charge in [-0.3, -0.25) is 9.80 Å². The third kappa shape index (κ3) is 3.05. The molecule has 5 nitrogen and oxygen atoms in total. The van der Waals surface area contributed by atoms with Crippen LogP contribution in [0, 0.1) is 6.92 Å². The van der Waals surface area contributed by atoms with E-state index in [1.54, 1.807) is 6.20 Å². The SMILES string of the molecule is Cc1cnc(CN2CCC[C@H]2CN2CCC[C@@H]2CO)o1. The second-order valence-corrected chi connectivity index (χ2v) is 6.10. The van der Waals surface area contributed by atoms with Crippen molar-refractivity contribution < 1.29 is 9.52 Å². The molecule has 3 rings (SSSR count). The molecule has 1 N–H and O–H groups in total. The number of aryl methyl sites for hydroxylation is 1. The van der Waals surface area contributed by atoms with Crippen LogP contribution in [0.25, 0.3) is 0 Å². The fraction of sp³-hybridized carbons (Fsp3) is 0.800. The number of likely N-dealkylation sites (tertiary alicyclic amines) is 2. The zero-order valence-electron chi connectivity index (χ0n) is 12.3. The summed E-state index contributed by atoms with van der Waals surface area (Å²) in [6.07, 6.45) is 6.65. The quantitative estimate of drug-likeness (QED) is 0.883. The summed E-state index contributed by atoms with van der Waals surface area (Å²) in [4.78, 5) is 9.26. The number of aliphatic hydroxyl groups excluding tert-OH is 1. The molecule has 2 atom stereocenters. The average molecular weight is 279 g/mol. The Labute approximate surface area is 120 Å². The van der Waals surface area contributed by atoms with E-state index in [9.17, 15) is 5.11 Å². The summed E-state index contributed by atoms with van der Waals surface area (Å²) < 4.78 is 5.60. The molecule has 0 bridgehead atoms. The molecule has 0 aliphatic carbocycles. The van der Waals surface area contributed by atoms with Crippen molar-refractivity contribution in [2.75, 3.05) is 26.2 Å². The summed E-state index contributed by atoms with van der Waals surface area (Å²) in [5.41, 5.74) is 0. The van der Waals surface area contributed by atoms with E-state index in [2.05, 4.69) is 14.8 Å². The van der Waals surface area contributed by atoms with Crippen molar-refractivity contribution in [3.63, 3.8) is 0 Å². The molecular weight excluding hydrogens is 254 g/mol. The summed E-state index contributed by atoms with van der Waals surface area (Å²) >= 11 is 0. The van der Waals surface area contributed by atoms with Crippen molar-refractivity contribution in [3.8, 4) is 0 Å². The van der Waals surface area contributed by atoms with Crippen molar-refractivity contribution in [3.05, 3.63) is 17.8 Å². The molecular formula is C15H25N3O2. The fourth-order valence-corrected chi connectivity index (χ4v) is 3.57. The van der Waals surface area contributed by atoms with Crippen molar-refractivity contribution in [1.29, 1.82) is 0 Å². The highest BCUT2D eigenvalue weighted by atomic mass is 16.4. The van der Waals surface area contributed by atoms with Crippen LogP contribution in [0.2, 0.25) is 0 Å². The Kier molecular flexibility index (Phi) is 4.38. The molecule has 0 aromatic carbocycles. The van der Waals surface area contributed by atoms with Crippen LogP contribution in [-0.2, 0) is 6.54 Å². The number of aliphatic hydroxyl groups is 1. The van der Waals surface area contributed by atoms with Crippen LogP contribution in [-0.4, -0.2) is 58.2 Å². The molecule has 3 heterocycles. The van der Waals surface area contributed by atoms with Crippen molar-refractivity contribution in [1.82, 2.24) is 14.8 Å². The van der Waals surface area contributed by atoms with Crippen LogP contribution in [0.4, 0.5) is 0 Å². The summed E-state index contributed by atoms with van der Waals surface area (Å²) in [6.45, 7) is 6.39. The standard InChI is InChI=1S/C15H25N3O2/c1-12-8-16-15(20-12)10-18-7-2-4-13(18)9-17-6-3-5-14(17)11-19/h8,13-14,19H,2-7,9-11H2,1H3/t13-,14+/m0/s1. The Hall–Kier alpha value is -0.910. The smallest absolute Gasteiger partial charge is 0.208 e. The van der Waals surface area contributed by atoms with Gasteiger partial charge < -0.3 is 9.52 Å². The molecule has 2 aliphatic heterocycles. The molecule has 20 heavy (non-hydrogen) atoms. The molecule has 112 valence electrons. The first-order valence-electron chi connectivity index (χ1n) is 7.76. The van der Waals surface area contributed by atoms with Gasteiger partial charge >= 0.3 is 0 Å². The second kappa shape index (κ2) is 6.24. The van der Waals surface area contributed by atoms with Gasteiger partial charge in [0.05, 0.1) is 19.3 Å². The highest BCUT2D eigenvalue weighted by molar-refractivity contribution is 4.93. The first kappa shape index (κ1) is 14.0. The minimum atomic E-state index is 0.297. The monoisotopic (exact) mass is 279 g/mol. The van der Waals surface area contributed by atoms with Crippen LogP contribution in [0.1, 0.15) is 37.3 Å². The van der Waals surface area contributed by atoms with Crippen molar-refractivity contribution >= 4 is 0 Å². The molecule has 0 spiro atoms. The number of nitrogens with zero attached hydrogens (tertiary/aromatic N) is 3. The topological polar surface area (TPSA) is 52.7 Å². The molecule has 0 radical (unpaired) electrons. The third-order valence-electron chi connectivity index (χ3n) is 4.66. The maximum atomic E-state index is 9.43. The largest absolute Gasteiger partial charge is 0.445 e. The minimum Gasteiger partial charge on any atom is -0.445 e. The molecule has 2 saturated heterocycles. The average Bonchev–Trinajstić information content (AvgIpc) is 3.14. The van der Waals surface area contributed by atoms with Crippen LogP contribution in [0.5, 0.6) is 0 Å². The first-order chi connectivity index (χ1) is 9.76. The van der Waals surface area contributed by atoms with E-state index in [0.717, 1.165) is 44.3 Å². The molecule has 0 unspecified atom stereocenters. The molecule has 1 aromatic rings. The summed E-state index contributed by atoms with van der Waals surface area (Å²) in [5, 5.41) is 9.43. The van der Waals surface area contributed by atoms with Gasteiger partial charge in [0.2, 0.25) is 5.89 Å². The lowest BCUT2D eigenvalue weighted by Gasteiger charge is -2.30. The van der Waals surface area contributed by atoms with Gasteiger partial charge in [0.15, 0.2) is 0 Å². The normalized spacial score (nSPS) is 28.5. The molecule has 1 aromatic heterocycles. The van der Waals surface area contributed by atoms with Gasteiger partial charge in [0.25, 0.3) is 0 Å². The number of oxazole rings is 1. The Morgan fingerprint density at radius 1 is 1.25 bits per heavy atom. The molecule has 0 saturated carbocycles. The number of hydrogen-bond acceptors (Lipinski definition) is 5. The first-order valence-corrected chi connectivity index (χ1v) is 7.76. The van der Waals surface area contributed by atoms with Crippen LogP contribution in [0.15, 0.2) is 10.6 Å². The van der Waals surface area contributed by atoms with Crippen molar-refractivity contribution in [2.24, 2.45) is 0 Å². The summed E-state index contributed by atoms with van der Waals surface area (Å²) in [7, 11) is 0. The summed E-state index contributed by atoms with van der Waals surface area (Å²) in [5.74, 6) is 1.71. The van der Waals surface area contributed by atoms with E-state index in [-0.39, 0.29) is 0 Å². The second-order valence-electron chi connectivity index (χ2n) is 6.10. The zero-order valence-corrected chi connectivity index (χ0v) is 12.3. The number of aromatic nitrogens is 1.